The second-order valence-corrected chi connectivity index (χ2v) is 7.01. The van der Waals surface area contributed by atoms with Crippen molar-refractivity contribution in [1.29, 1.82) is 0 Å². The van der Waals surface area contributed by atoms with Gasteiger partial charge in [-0.1, -0.05) is 42.5 Å². The van der Waals surface area contributed by atoms with Crippen LogP contribution in [0.5, 0.6) is 0 Å². The van der Waals surface area contributed by atoms with Crippen LogP contribution in [0.4, 0.5) is 0 Å². The molecule has 4 nitrogen and oxygen atoms in total. The van der Waals surface area contributed by atoms with Crippen molar-refractivity contribution in [1.82, 2.24) is 4.72 Å². The maximum atomic E-state index is 12.2. The molecule has 20 heavy (non-hydrogen) atoms. The Labute approximate surface area is 119 Å². The van der Waals surface area contributed by atoms with Gasteiger partial charge in [-0.2, -0.15) is 0 Å². The van der Waals surface area contributed by atoms with E-state index in [1.165, 1.54) is 0 Å². The van der Waals surface area contributed by atoms with E-state index in [1.54, 1.807) is 6.92 Å². The van der Waals surface area contributed by atoms with Gasteiger partial charge in [-0.3, -0.25) is 9.52 Å². The second kappa shape index (κ2) is 6.22. The average Bonchev–Trinajstić information content (AvgIpc) is 2.48. The normalized spacial score (nSPS) is 20.4. The van der Waals surface area contributed by atoms with Crippen LogP contribution in [0.2, 0.25) is 0 Å². The summed E-state index contributed by atoms with van der Waals surface area (Å²) in [6, 6.07) is 9.17. The highest BCUT2D eigenvalue weighted by molar-refractivity contribution is 7.90. The third-order valence-electron chi connectivity index (χ3n) is 3.60. The van der Waals surface area contributed by atoms with Crippen LogP contribution in [-0.4, -0.2) is 19.6 Å². The third-order valence-corrected chi connectivity index (χ3v) is 5.39. The molecule has 0 unspecified atom stereocenters. The van der Waals surface area contributed by atoms with Gasteiger partial charge in [0.2, 0.25) is 15.9 Å². The molecule has 5 heteroatoms. The summed E-state index contributed by atoms with van der Waals surface area (Å²) in [6.07, 6.45) is 5.62. The largest absolute Gasteiger partial charge is 0.273 e. The molecule has 1 aliphatic carbocycles. The lowest BCUT2D eigenvalue weighted by atomic mass is 10.0. The first-order valence-electron chi connectivity index (χ1n) is 6.76. The molecule has 0 bridgehead atoms. The molecular weight excluding hydrogens is 274 g/mol. The van der Waals surface area contributed by atoms with E-state index in [0.29, 0.717) is 12.8 Å². The van der Waals surface area contributed by atoms with Gasteiger partial charge in [0, 0.05) is 0 Å². The van der Waals surface area contributed by atoms with Crippen molar-refractivity contribution in [3.8, 4) is 0 Å². The molecule has 108 valence electrons. The van der Waals surface area contributed by atoms with E-state index in [1.807, 2.05) is 42.5 Å². The molecule has 2 rings (SSSR count). The first kappa shape index (κ1) is 14.8. The summed E-state index contributed by atoms with van der Waals surface area (Å²) in [7, 11) is -3.59. The van der Waals surface area contributed by atoms with Gasteiger partial charge >= 0.3 is 0 Å². The SMILES string of the molecule is C[C@H](C(=O)NS(=O)(=O)[C@H]1CC=CCC1)c1ccccc1. The standard InChI is InChI=1S/C15H19NO3S/c1-12(13-8-4-2-5-9-13)15(17)16-20(18,19)14-10-6-3-7-11-14/h2-6,8-9,12,14H,7,10-11H2,1H3,(H,16,17)/t12-,14-/m0/s1. The summed E-state index contributed by atoms with van der Waals surface area (Å²) < 4.78 is 26.6. The summed E-state index contributed by atoms with van der Waals surface area (Å²) in [5.41, 5.74) is 0.809. The molecule has 0 saturated heterocycles. The minimum atomic E-state index is -3.59. The smallest absolute Gasteiger partial charge is 0.240 e. The van der Waals surface area contributed by atoms with Gasteiger partial charge in [0.05, 0.1) is 11.2 Å². The minimum Gasteiger partial charge on any atom is -0.273 e. The van der Waals surface area contributed by atoms with Crippen molar-refractivity contribution >= 4 is 15.9 Å². The number of carbonyl (C=O) groups is 1. The van der Waals surface area contributed by atoms with Crippen molar-refractivity contribution in [3.63, 3.8) is 0 Å². The van der Waals surface area contributed by atoms with E-state index >= 15 is 0 Å². The van der Waals surface area contributed by atoms with Gasteiger partial charge in [0.25, 0.3) is 0 Å². The third kappa shape index (κ3) is 3.48. The van der Waals surface area contributed by atoms with E-state index in [4.69, 9.17) is 0 Å². The van der Waals surface area contributed by atoms with Gasteiger partial charge in [-0.25, -0.2) is 8.42 Å². The van der Waals surface area contributed by atoms with Gasteiger partial charge in [0.1, 0.15) is 0 Å². The lowest BCUT2D eigenvalue weighted by Gasteiger charge is -2.20. The second-order valence-electron chi connectivity index (χ2n) is 5.05. The van der Waals surface area contributed by atoms with Crippen LogP contribution in [0, 0.1) is 0 Å². The molecule has 1 amide bonds. The summed E-state index contributed by atoms with van der Waals surface area (Å²) >= 11 is 0. The van der Waals surface area contributed by atoms with Crippen LogP contribution in [0.1, 0.15) is 37.7 Å². The average molecular weight is 293 g/mol. The van der Waals surface area contributed by atoms with Crippen LogP contribution < -0.4 is 4.72 Å². The fourth-order valence-electron chi connectivity index (χ4n) is 2.25. The molecule has 0 heterocycles. The highest BCUT2D eigenvalue weighted by Gasteiger charge is 2.29. The van der Waals surface area contributed by atoms with Crippen LogP contribution >= 0.6 is 0 Å². The monoisotopic (exact) mass is 293 g/mol. The first-order valence-corrected chi connectivity index (χ1v) is 8.31. The number of hydrogen-bond acceptors (Lipinski definition) is 3. The van der Waals surface area contributed by atoms with Crippen LogP contribution in [-0.2, 0) is 14.8 Å². The number of nitrogens with one attached hydrogen (secondary N) is 1. The van der Waals surface area contributed by atoms with E-state index in [9.17, 15) is 13.2 Å². The van der Waals surface area contributed by atoms with Gasteiger partial charge < -0.3 is 0 Å². The fraction of sp³-hybridized carbons (Fsp3) is 0.400. The Morgan fingerprint density at radius 3 is 2.55 bits per heavy atom. The van der Waals surface area contributed by atoms with Crippen molar-refractivity contribution in [2.24, 2.45) is 0 Å². The summed E-state index contributed by atoms with van der Waals surface area (Å²) in [4.78, 5) is 12.1. The topological polar surface area (TPSA) is 63.2 Å². The Hall–Kier alpha value is -1.62. The Balaban J connectivity index is 2.05. The van der Waals surface area contributed by atoms with Gasteiger partial charge in [0.15, 0.2) is 0 Å². The molecule has 0 saturated carbocycles. The first-order chi connectivity index (χ1) is 9.50. The zero-order valence-corrected chi connectivity index (χ0v) is 12.3. The Kier molecular flexibility index (Phi) is 4.60. The fourth-order valence-corrected chi connectivity index (χ4v) is 3.69. The van der Waals surface area contributed by atoms with E-state index in [0.717, 1.165) is 12.0 Å². The molecule has 1 N–H and O–H groups in total. The Morgan fingerprint density at radius 1 is 1.25 bits per heavy atom. The van der Waals surface area contributed by atoms with Gasteiger partial charge in [-0.05, 0) is 31.7 Å². The van der Waals surface area contributed by atoms with E-state index < -0.39 is 27.1 Å². The number of rotatable bonds is 4. The molecule has 0 radical (unpaired) electrons. The highest BCUT2D eigenvalue weighted by atomic mass is 32.2. The van der Waals surface area contributed by atoms with E-state index in [2.05, 4.69) is 4.72 Å². The number of carbonyl (C=O) groups excluding carboxylic acids is 1. The summed E-state index contributed by atoms with van der Waals surface area (Å²) in [5, 5.41) is -0.501. The summed E-state index contributed by atoms with van der Waals surface area (Å²) in [5.74, 6) is -0.948. The number of allylic oxidation sites excluding steroid dienone is 2. The number of sulfonamides is 1. The zero-order valence-electron chi connectivity index (χ0n) is 11.5. The van der Waals surface area contributed by atoms with Crippen molar-refractivity contribution in [3.05, 3.63) is 48.0 Å². The predicted molar refractivity (Wildman–Crippen MR) is 78.7 cm³/mol. The molecule has 1 aromatic carbocycles. The lowest BCUT2D eigenvalue weighted by Crippen LogP contribution is -2.40. The number of hydrogen-bond donors (Lipinski definition) is 1. The molecule has 0 aliphatic heterocycles. The quantitative estimate of drug-likeness (QED) is 0.867. The molecule has 0 aromatic heterocycles. The molecule has 1 aromatic rings. The highest BCUT2D eigenvalue weighted by Crippen LogP contribution is 2.20. The summed E-state index contributed by atoms with van der Waals surface area (Å²) in [6.45, 7) is 1.71. The Morgan fingerprint density at radius 2 is 1.95 bits per heavy atom. The molecule has 2 atom stereocenters. The number of amides is 1. The van der Waals surface area contributed by atoms with Crippen molar-refractivity contribution in [2.75, 3.05) is 0 Å². The van der Waals surface area contributed by atoms with Gasteiger partial charge in [-0.15, -0.1) is 0 Å². The zero-order chi connectivity index (χ0) is 14.6. The Bertz CT molecular complexity index is 593. The van der Waals surface area contributed by atoms with Crippen molar-refractivity contribution in [2.45, 2.75) is 37.4 Å². The van der Waals surface area contributed by atoms with E-state index in [-0.39, 0.29) is 0 Å². The van der Waals surface area contributed by atoms with Crippen LogP contribution in [0.3, 0.4) is 0 Å². The maximum Gasteiger partial charge on any atom is 0.240 e. The molecule has 1 aliphatic rings. The molecule has 0 spiro atoms. The number of benzene rings is 1. The minimum absolute atomic E-state index is 0.467. The van der Waals surface area contributed by atoms with Crippen LogP contribution in [0.25, 0.3) is 0 Å². The van der Waals surface area contributed by atoms with Crippen LogP contribution in [0.15, 0.2) is 42.5 Å². The maximum absolute atomic E-state index is 12.2. The molecular formula is C15H19NO3S. The lowest BCUT2D eigenvalue weighted by molar-refractivity contribution is -0.120. The predicted octanol–water partition coefficient (Wildman–Crippen LogP) is 2.34. The molecule has 0 fully saturated rings. The van der Waals surface area contributed by atoms with Crippen molar-refractivity contribution < 1.29 is 13.2 Å².